The molecule has 1 aliphatic rings. The van der Waals surface area contributed by atoms with Gasteiger partial charge in [0.1, 0.15) is 11.5 Å². The number of thioether (sulfide) groups is 1. The second-order valence-electron chi connectivity index (χ2n) is 6.83. The smallest absolute Gasteiger partial charge is 0.267 e. The van der Waals surface area contributed by atoms with Gasteiger partial charge in [-0.25, -0.2) is 0 Å². The fourth-order valence-corrected chi connectivity index (χ4v) is 5.07. The van der Waals surface area contributed by atoms with Crippen LogP contribution in [0.25, 0.3) is 6.08 Å². The van der Waals surface area contributed by atoms with E-state index < -0.39 is 0 Å². The molecule has 0 saturated carbocycles. The number of hydrogen-bond acceptors (Lipinski definition) is 6. The number of carbonyl (C=O) groups excluding carboxylic acids is 1. The molecule has 0 spiro atoms. The Morgan fingerprint density at radius 2 is 1.94 bits per heavy atom. The topological polar surface area (TPSA) is 78.4 Å². The van der Waals surface area contributed by atoms with Gasteiger partial charge in [0.25, 0.3) is 5.91 Å². The van der Waals surface area contributed by atoms with Crippen LogP contribution in [0.2, 0.25) is 0 Å². The Balaban J connectivity index is 1.59. The second kappa shape index (κ2) is 10.8. The summed E-state index contributed by atoms with van der Waals surface area (Å²) >= 11 is 7.91. The van der Waals surface area contributed by atoms with E-state index in [2.05, 4.69) is 42.1 Å². The summed E-state index contributed by atoms with van der Waals surface area (Å²) < 4.78 is 6.72. The largest absolute Gasteiger partial charge is 0.506 e. The van der Waals surface area contributed by atoms with Crippen LogP contribution < -0.4 is 0 Å². The Labute approximate surface area is 211 Å². The lowest BCUT2D eigenvalue weighted by Gasteiger charge is -2.12. The molecule has 3 aromatic rings. The van der Waals surface area contributed by atoms with Crippen LogP contribution in [0.15, 0.2) is 101 Å². The molecular weight excluding hydrogens is 570 g/mol. The zero-order chi connectivity index (χ0) is 23.2. The van der Waals surface area contributed by atoms with Crippen LogP contribution in [0.1, 0.15) is 16.9 Å². The van der Waals surface area contributed by atoms with Crippen LogP contribution in [0.4, 0.5) is 0 Å². The van der Waals surface area contributed by atoms with Gasteiger partial charge in [-0.3, -0.25) is 9.69 Å². The van der Waals surface area contributed by atoms with E-state index >= 15 is 0 Å². The maximum atomic E-state index is 13.0. The average molecular weight is 587 g/mol. The molecule has 2 aromatic carbocycles. The van der Waals surface area contributed by atoms with E-state index in [1.807, 2.05) is 42.5 Å². The number of amidine groups is 1. The summed E-state index contributed by atoms with van der Waals surface area (Å²) in [6.45, 7) is 0.237. The molecule has 0 atom stereocenters. The van der Waals surface area contributed by atoms with Crippen LogP contribution in [-0.2, 0) is 11.3 Å². The van der Waals surface area contributed by atoms with E-state index in [0.29, 0.717) is 25.9 Å². The Kier molecular flexibility index (Phi) is 7.64. The quantitative estimate of drug-likeness (QED) is 0.201. The van der Waals surface area contributed by atoms with Crippen molar-refractivity contribution in [3.8, 4) is 5.75 Å². The minimum Gasteiger partial charge on any atom is -0.506 e. The Morgan fingerprint density at radius 1 is 1.12 bits per heavy atom. The molecular formula is C24H17Br2N3O3S. The molecule has 33 heavy (non-hydrogen) atoms. The molecule has 1 saturated heterocycles. The highest BCUT2D eigenvalue weighted by atomic mass is 79.9. The molecule has 1 aromatic heterocycles. The first-order chi connectivity index (χ1) is 16.0. The van der Waals surface area contributed by atoms with E-state index in [9.17, 15) is 9.90 Å². The van der Waals surface area contributed by atoms with Crippen molar-refractivity contribution in [1.82, 2.24) is 4.90 Å². The predicted octanol–water partition coefficient (Wildman–Crippen LogP) is 6.57. The lowest BCUT2D eigenvalue weighted by Crippen LogP contribution is -2.28. The zero-order valence-electron chi connectivity index (χ0n) is 17.1. The molecule has 166 valence electrons. The molecule has 0 radical (unpaired) electrons. The van der Waals surface area contributed by atoms with Crippen molar-refractivity contribution in [3.63, 3.8) is 0 Å². The second-order valence-corrected chi connectivity index (χ2v) is 9.61. The fraction of sp³-hybridized carbons (Fsp3) is 0.0417. The summed E-state index contributed by atoms with van der Waals surface area (Å²) in [7, 11) is 0. The number of aromatic hydroxyl groups is 1. The molecule has 0 unspecified atom stereocenters. The van der Waals surface area contributed by atoms with Crippen molar-refractivity contribution in [2.24, 2.45) is 10.2 Å². The first-order valence-electron chi connectivity index (χ1n) is 9.76. The Hall–Kier alpha value is -2.88. The van der Waals surface area contributed by atoms with Gasteiger partial charge in [0.05, 0.1) is 28.4 Å². The third kappa shape index (κ3) is 5.93. The number of phenols is 1. The van der Waals surface area contributed by atoms with Crippen LogP contribution >= 0.6 is 43.6 Å². The monoisotopic (exact) mass is 585 g/mol. The Morgan fingerprint density at radius 3 is 2.70 bits per heavy atom. The van der Waals surface area contributed by atoms with Crippen molar-refractivity contribution in [3.05, 3.63) is 104 Å². The molecule has 0 bridgehead atoms. The summed E-state index contributed by atoms with van der Waals surface area (Å²) in [6.07, 6.45) is 8.53. The molecule has 6 nitrogen and oxygen atoms in total. The van der Waals surface area contributed by atoms with E-state index in [-0.39, 0.29) is 18.2 Å². The van der Waals surface area contributed by atoms with Crippen molar-refractivity contribution >= 4 is 67.0 Å². The first-order valence-corrected chi connectivity index (χ1v) is 12.2. The van der Waals surface area contributed by atoms with Crippen molar-refractivity contribution < 1.29 is 14.3 Å². The number of benzene rings is 2. The third-order valence-electron chi connectivity index (χ3n) is 4.52. The normalized spacial score (nSPS) is 16.8. The van der Waals surface area contributed by atoms with Crippen molar-refractivity contribution in [2.45, 2.75) is 6.54 Å². The summed E-state index contributed by atoms with van der Waals surface area (Å²) in [6, 6.07) is 16.9. The Bertz CT molecular complexity index is 1270. The number of nitrogens with zero attached hydrogens (tertiary/aromatic N) is 3. The van der Waals surface area contributed by atoms with Gasteiger partial charge in [-0.1, -0.05) is 58.4 Å². The number of furan rings is 1. The SMILES string of the molecule is O=C1/C(=C/C=C/c2ccccc2)S/C(=N\N=C\c2cc(Br)cc(Br)c2O)N1Cc1ccco1. The molecule has 1 fully saturated rings. The molecule has 4 rings (SSSR count). The van der Waals surface area contributed by atoms with Gasteiger partial charge >= 0.3 is 0 Å². The van der Waals surface area contributed by atoms with Crippen LogP contribution in [0.5, 0.6) is 5.75 Å². The fourth-order valence-electron chi connectivity index (χ4n) is 2.93. The number of halogens is 2. The summed E-state index contributed by atoms with van der Waals surface area (Å²) in [5.74, 6) is 0.503. The predicted molar refractivity (Wildman–Crippen MR) is 139 cm³/mol. The van der Waals surface area contributed by atoms with Gasteiger partial charge in [0, 0.05) is 10.0 Å². The summed E-state index contributed by atoms with van der Waals surface area (Å²) in [4.78, 5) is 15.1. The number of phenolic OH excluding ortho intramolecular Hbond substituents is 1. The number of amides is 1. The van der Waals surface area contributed by atoms with Gasteiger partial charge < -0.3 is 9.52 Å². The van der Waals surface area contributed by atoms with Crippen LogP contribution in [0, 0.1) is 0 Å². The highest BCUT2D eigenvalue weighted by Gasteiger charge is 2.33. The molecule has 1 aliphatic heterocycles. The maximum Gasteiger partial charge on any atom is 0.267 e. The minimum atomic E-state index is -0.184. The lowest BCUT2D eigenvalue weighted by molar-refractivity contribution is -0.122. The standard InChI is InChI=1S/C24H17Br2N3O3S/c25-18-12-17(22(30)20(26)13-18)14-27-28-24-29(15-19-9-5-11-32-19)23(31)21(33-24)10-4-8-16-6-2-1-3-7-16/h1-14,30H,15H2/b8-4+,21-10-,27-14+,28-24-. The van der Waals surface area contributed by atoms with Gasteiger partial charge in [-0.2, -0.15) is 5.10 Å². The van der Waals surface area contributed by atoms with E-state index in [0.717, 1.165) is 10.0 Å². The number of carbonyl (C=O) groups is 1. The van der Waals surface area contributed by atoms with Gasteiger partial charge in [0.2, 0.25) is 0 Å². The zero-order valence-corrected chi connectivity index (χ0v) is 21.0. The molecule has 9 heteroatoms. The van der Waals surface area contributed by atoms with Crippen molar-refractivity contribution in [2.75, 3.05) is 0 Å². The number of rotatable bonds is 6. The molecule has 0 aliphatic carbocycles. The average Bonchev–Trinajstić information content (AvgIpc) is 3.42. The summed E-state index contributed by atoms with van der Waals surface area (Å²) in [5.41, 5.74) is 1.52. The summed E-state index contributed by atoms with van der Waals surface area (Å²) in [5, 5.41) is 19.0. The molecule has 2 heterocycles. The van der Waals surface area contributed by atoms with E-state index in [1.165, 1.54) is 22.9 Å². The van der Waals surface area contributed by atoms with E-state index in [1.54, 1.807) is 36.6 Å². The highest BCUT2D eigenvalue weighted by molar-refractivity contribution is 9.11. The number of allylic oxidation sites excluding steroid dienone is 2. The van der Waals surface area contributed by atoms with Gasteiger partial charge in [-0.15, -0.1) is 5.10 Å². The molecule has 1 amide bonds. The minimum absolute atomic E-state index is 0.0522. The van der Waals surface area contributed by atoms with Gasteiger partial charge in [-0.05, 0) is 63.6 Å². The van der Waals surface area contributed by atoms with Crippen LogP contribution in [-0.4, -0.2) is 27.3 Å². The van der Waals surface area contributed by atoms with Crippen molar-refractivity contribution in [1.29, 1.82) is 0 Å². The van der Waals surface area contributed by atoms with E-state index in [4.69, 9.17) is 4.42 Å². The number of hydrogen-bond donors (Lipinski definition) is 1. The van der Waals surface area contributed by atoms with Crippen LogP contribution in [0.3, 0.4) is 0 Å². The third-order valence-corrected chi connectivity index (χ3v) is 6.59. The highest BCUT2D eigenvalue weighted by Crippen LogP contribution is 2.33. The van der Waals surface area contributed by atoms with Gasteiger partial charge in [0.15, 0.2) is 5.17 Å². The maximum absolute atomic E-state index is 13.0. The lowest BCUT2D eigenvalue weighted by atomic mass is 10.2. The first kappa shape index (κ1) is 23.3. The molecule has 1 N–H and O–H groups in total.